The number of carboxylic acid groups (broad SMARTS) is 1. The van der Waals surface area contributed by atoms with E-state index in [9.17, 15) is 4.79 Å². The number of carbonyl (C=O) groups is 1. The molecule has 96 valence electrons. The molecular formula is C12H11N5O2. The molecule has 0 atom stereocenters. The van der Waals surface area contributed by atoms with E-state index in [2.05, 4.69) is 10.1 Å². The SMILES string of the molecule is Cc1cc(C)c(C#N)c(-n2cc(N)c(C(=O)O)n2)n1. The number of hydrogen-bond acceptors (Lipinski definition) is 5. The smallest absolute Gasteiger partial charge is 0.358 e. The predicted octanol–water partition coefficient (Wildman–Crippen LogP) is 1.04. The minimum absolute atomic E-state index is 0.0253. The third kappa shape index (κ3) is 2.11. The number of nitrogens with two attached hydrogens (primary N) is 1. The summed E-state index contributed by atoms with van der Waals surface area (Å²) in [5.41, 5.74) is 7.13. The third-order valence-corrected chi connectivity index (χ3v) is 2.60. The Hall–Kier alpha value is -2.88. The summed E-state index contributed by atoms with van der Waals surface area (Å²) in [5, 5.41) is 21.9. The average Bonchev–Trinajstić information content (AvgIpc) is 2.70. The highest BCUT2D eigenvalue weighted by Gasteiger charge is 2.17. The molecule has 2 rings (SSSR count). The standard InChI is InChI=1S/C12H11N5O2/c1-6-3-7(2)15-11(8(6)4-13)17-5-9(14)10(16-17)12(18)19/h3,5H,14H2,1-2H3,(H,18,19). The quantitative estimate of drug-likeness (QED) is 0.829. The van der Waals surface area contributed by atoms with E-state index >= 15 is 0 Å². The van der Waals surface area contributed by atoms with E-state index in [-0.39, 0.29) is 17.2 Å². The molecule has 3 N–H and O–H groups in total. The van der Waals surface area contributed by atoms with E-state index < -0.39 is 5.97 Å². The van der Waals surface area contributed by atoms with Crippen molar-refractivity contribution in [3.05, 3.63) is 34.8 Å². The largest absolute Gasteiger partial charge is 0.476 e. The van der Waals surface area contributed by atoms with Gasteiger partial charge in [0, 0.05) is 5.69 Å². The molecule has 7 nitrogen and oxygen atoms in total. The van der Waals surface area contributed by atoms with Crippen LogP contribution in [0.5, 0.6) is 0 Å². The van der Waals surface area contributed by atoms with E-state index in [1.54, 1.807) is 19.9 Å². The number of nitrogens with zero attached hydrogens (tertiary/aromatic N) is 4. The van der Waals surface area contributed by atoms with Gasteiger partial charge in [-0.25, -0.2) is 14.5 Å². The number of rotatable bonds is 2. The fraction of sp³-hybridized carbons (Fsp3) is 0.167. The van der Waals surface area contributed by atoms with Crippen LogP contribution in [0, 0.1) is 25.2 Å². The average molecular weight is 257 g/mol. The molecule has 0 bridgehead atoms. The van der Waals surface area contributed by atoms with Crippen LogP contribution in [-0.4, -0.2) is 25.8 Å². The molecule has 0 radical (unpaired) electrons. The van der Waals surface area contributed by atoms with Gasteiger partial charge in [0.05, 0.1) is 17.4 Å². The second-order valence-electron chi connectivity index (χ2n) is 4.07. The van der Waals surface area contributed by atoms with Crippen molar-refractivity contribution < 1.29 is 9.90 Å². The van der Waals surface area contributed by atoms with E-state index in [4.69, 9.17) is 16.1 Å². The Kier molecular flexibility index (Phi) is 2.92. The minimum atomic E-state index is -1.22. The summed E-state index contributed by atoms with van der Waals surface area (Å²) in [6.45, 7) is 3.56. The molecule has 0 fully saturated rings. The van der Waals surface area contributed by atoms with Crippen molar-refractivity contribution in [3.63, 3.8) is 0 Å². The van der Waals surface area contributed by atoms with Crippen LogP contribution in [0.4, 0.5) is 5.69 Å². The molecule has 0 aliphatic rings. The molecule has 0 aliphatic carbocycles. The molecule has 0 aliphatic heterocycles. The summed E-state index contributed by atoms with van der Waals surface area (Å²) in [5.74, 6) is -0.946. The van der Waals surface area contributed by atoms with Crippen molar-refractivity contribution in [1.29, 1.82) is 5.26 Å². The first kappa shape index (κ1) is 12.6. The molecule has 0 unspecified atom stereocenters. The lowest BCUT2D eigenvalue weighted by molar-refractivity contribution is 0.0691. The van der Waals surface area contributed by atoms with Crippen LogP contribution in [0.25, 0.3) is 5.82 Å². The Labute approximate surface area is 108 Å². The van der Waals surface area contributed by atoms with Crippen molar-refractivity contribution in [3.8, 4) is 11.9 Å². The highest BCUT2D eigenvalue weighted by atomic mass is 16.4. The number of aryl methyl sites for hydroxylation is 2. The summed E-state index contributed by atoms with van der Waals surface area (Å²) < 4.78 is 1.22. The fourth-order valence-electron chi connectivity index (χ4n) is 1.78. The third-order valence-electron chi connectivity index (χ3n) is 2.60. The Balaban J connectivity index is 2.69. The second-order valence-corrected chi connectivity index (χ2v) is 4.07. The molecular weight excluding hydrogens is 246 g/mol. The normalized spacial score (nSPS) is 10.2. The monoisotopic (exact) mass is 257 g/mol. The number of hydrogen-bond donors (Lipinski definition) is 2. The predicted molar refractivity (Wildman–Crippen MR) is 66.9 cm³/mol. The van der Waals surface area contributed by atoms with Crippen LogP contribution in [0.3, 0.4) is 0 Å². The van der Waals surface area contributed by atoms with E-state index in [1.807, 2.05) is 6.07 Å². The number of nitrogen functional groups attached to an aromatic ring is 1. The van der Waals surface area contributed by atoms with Gasteiger partial charge in [-0.3, -0.25) is 0 Å². The van der Waals surface area contributed by atoms with Crippen molar-refractivity contribution >= 4 is 11.7 Å². The van der Waals surface area contributed by atoms with Crippen LogP contribution in [0.1, 0.15) is 27.3 Å². The Morgan fingerprint density at radius 3 is 2.74 bits per heavy atom. The van der Waals surface area contributed by atoms with Crippen LogP contribution < -0.4 is 5.73 Å². The lowest BCUT2D eigenvalue weighted by Gasteiger charge is -2.06. The Bertz CT molecular complexity index is 712. The van der Waals surface area contributed by atoms with Gasteiger partial charge in [0.1, 0.15) is 6.07 Å². The van der Waals surface area contributed by atoms with Crippen molar-refractivity contribution in [2.24, 2.45) is 0 Å². The zero-order valence-corrected chi connectivity index (χ0v) is 10.4. The van der Waals surface area contributed by atoms with Crippen LogP contribution in [0.15, 0.2) is 12.3 Å². The lowest BCUT2D eigenvalue weighted by atomic mass is 10.1. The van der Waals surface area contributed by atoms with E-state index in [0.29, 0.717) is 11.3 Å². The summed E-state index contributed by atoms with van der Waals surface area (Å²) in [6.07, 6.45) is 1.34. The van der Waals surface area contributed by atoms with Crippen LogP contribution >= 0.6 is 0 Å². The van der Waals surface area contributed by atoms with Gasteiger partial charge in [-0.05, 0) is 25.5 Å². The number of pyridine rings is 1. The van der Waals surface area contributed by atoms with Gasteiger partial charge in [-0.2, -0.15) is 10.4 Å². The maximum absolute atomic E-state index is 10.9. The summed E-state index contributed by atoms with van der Waals surface area (Å²) in [4.78, 5) is 15.1. The number of anilines is 1. The van der Waals surface area contributed by atoms with Crippen LogP contribution in [0.2, 0.25) is 0 Å². The highest BCUT2D eigenvalue weighted by molar-refractivity contribution is 5.91. The summed E-state index contributed by atoms with van der Waals surface area (Å²) in [6, 6.07) is 3.81. The molecule has 0 saturated heterocycles. The number of carboxylic acids is 1. The van der Waals surface area contributed by atoms with E-state index in [1.165, 1.54) is 10.9 Å². The number of nitriles is 1. The van der Waals surface area contributed by atoms with Crippen LogP contribution in [-0.2, 0) is 0 Å². The van der Waals surface area contributed by atoms with Gasteiger partial charge in [-0.15, -0.1) is 0 Å². The molecule has 0 amide bonds. The van der Waals surface area contributed by atoms with Crippen molar-refractivity contribution in [2.45, 2.75) is 13.8 Å². The van der Waals surface area contributed by atoms with Gasteiger partial charge in [-0.1, -0.05) is 0 Å². The fourth-order valence-corrected chi connectivity index (χ4v) is 1.78. The maximum atomic E-state index is 10.9. The molecule has 0 spiro atoms. The molecule has 2 aromatic heterocycles. The lowest BCUT2D eigenvalue weighted by Crippen LogP contribution is -2.07. The number of aromatic carboxylic acids is 1. The first-order chi connectivity index (χ1) is 8.93. The van der Waals surface area contributed by atoms with E-state index in [0.717, 1.165) is 5.56 Å². The first-order valence-corrected chi connectivity index (χ1v) is 5.41. The molecule has 2 aromatic rings. The Morgan fingerprint density at radius 2 is 2.21 bits per heavy atom. The molecule has 0 aromatic carbocycles. The topological polar surface area (TPSA) is 118 Å². The summed E-state index contributed by atoms with van der Waals surface area (Å²) >= 11 is 0. The summed E-state index contributed by atoms with van der Waals surface area (Å²) in [7, 11) is 0. The van der Waals surface area contributed by atoms with Gasteiger partial charge in [0.25, 0.3) is 0 Å². The van der Waals surface area contributed by atoms with Gasteiger partial charge in [0.15, 0.2) is 11.5 Å². The molecule has 7 heteroatoms. The zero-order valence-electron chi connectivity index (χ0n) is 10.4. The molecule has 2 heterocycles. The molecule has 19 heavy (non-hydrogen) atoms. The highest BCUT2D eigenvalue weighted by Crippen LogP contribution is 2.19. The maximum Gasteiger partial charge on any atom is 0.358 e. The Morgan fingerprint density at radius 1 is 1.53 bits per heavy atom. The van der Waals surface area contributed by atoms with Crippen molar-refractivity contribution in [1.82, 2.24) is 14.8 Å². The van der Waals surface area contributed by atoms with Gasteiger partial charge in [0.2, 0.25) is 0 Å². The van der Waals surface area contributed by atoms with Gasteiger partial charge < -0.3 is 10.8 Å². The minimum Gasteiger partial charge on any atom is -0.476 e. The number of aromatic nitrogens is 3. The first-order valence-electron chi connectivity index (χ1n) is 5.41. The second kappa shape index (κ2) is 4.42. The van der Waals surface area contributed by atoms with Gasteiger partial charge >= 0.3 is 5.97 Å². The zero-order chi connectivity index (χ0) is 14.2. The van der Waals surface area contributed by atoms with Crippen molar-refractivity contribution in [2.75, 3.05) is 5.73 Å². The molecule has 0 saturated carbocycles.